The van der Waals surface area contributed by atoms with Crippen molar-refractivity contribution in [3.63, 3.8) is 0 Å². The van der Waals surface area contributed by atoms with Crippen molar-refractivity contribution >= 4 is 33.5 Å². The summed E-state index contributed by atoms with van der Waals surface area (Å²) in [5.74, 6) is -0.0623. The van der Waals surface area contributed by atoms with Gasteiger partial charge >= 0.3 is 0 Å². The molecule has 0 aliphatic rings. The normalized spacial score (nSPS) is 11.3. The number of aromatic nitrogens is 2. The van der Waals surface area contributed by atoms with Crippen molar-refractivity contribution in [3.8, 4) is 0 Å². The van der Waals surface area contributed by atoms with Crippen LogP contribution < -0.4 is 5.56 Å². The Hall–Kier alpha value is -2.73. The van der Waals surface area contributed by atoms with Crippen molar-refractivity contribution in [1.82, 2.24) is 14.5 Å². The summed E-state index contributed by atoms with van der Waals surface area (Å²) < 4.78 is 1.44. The third-order valence-corrected chi connectivity index (χ3v) is 5.50. The van der Waals surface area contributed by atoms with Gasteiger partial charge in [0.25, 0.3) is 11.5 Å². The highest BCUT2D eigenvalue weighted by Gasteiger charge is 2.22. The van der Waals surface area contributed by atoms with E-state index in [0.29, 0.717) is 33.7 Å². The fourth-order valence-corrected chi connectivity index (χ4v) is 3.90. The number of carbonyl (C=O) groups excluding carboxylic acids is 1. The van der Waals surface area contributed by atoms with E-state index >= 15 is 0 Å². The largest absolute Gasteiger partial charge is 0.334 e. The summed E-state index contributed by atoms with van der Waals surface area (Å²) in [4.78, 5) is 32.6. The predicted molar refractivity (Wildman–Crippen MR) is 107 cm³/mol. The van der Waals surface area contributed by atoms with Crippen LogP contribution >= 0.6 is 11.3 Å². The van der Waals surface area contributed by atoms with Crippen LogP contribution in [-0.2, 0) is 7.05 Å². The first kappa shape index (κ1) is 18.1. The summed E-state index contributed by atoms with van der Waals surface area (Å²) in [6.07, 6.45) is 5.48. The van der Waals surface area contributed by atoms with Crippen LogP contribution in [0, 0.1) is 6.92 Å². The molecule has 0 aliphatic carbocycles. The lowest BCUT2D eigenvalue weighted by atomic mass is 10.2. The summed E-state index contributed by atoms with van der Waals surface area (Å²) in [7, 11) is 1.67. The molecule has 0 saturated heterocycles. The number of fused-ring (bicyclic) bond motifs is 1. The van der Waals surface area contributed by atoms with Crippen LogP contribution in [0.25, 0.3) is 16.3 Å². The number of nitrogens with zero attached hydrogens (tertiary/aromatic N) is 3. The summed E-state index contributed by atoms with van der Waals surface area (Å²) in [6.45, 7) is 4.89. The number of aryl methyl sites for hydroxylation is 2. The molecule has 2 aromatic heterocycles. The third kappa shape index (κ3) is 3.46. The zero-order valence-electron chi connectivity index (χ0n) is 15.1. The van der Waals surface area contributed by atoms with Gasteiger partial charge in [0.1, 0.15) is 4.83 Å². The Kier molecular flexibility index (Phi) is 5.32. The van der Waals surface area contributed by atoms with E-state index in [1.165, 1.54) is 22.2 Å². The van der Waals surface area contributed by atoms with Crippen LogP contribution in [0.1, 0.15) is 27.7 Å². The molecule has 0 spiro atoms. The molecule has 0 N–H and O–H groups in total. The van der Waals surface area contributed by atoms with Crippen molar-refractivity contribution in [3.05, 3.63) is 69.1 Å². The van der Waals surface area contributed by atoms with Gasteiger partial charge in [-0.15, -0.1) is 11.3 Å². The molecule has 6 heteroatoms. The minimum atomic E-state index is -0.116. The summed E-state index contributed by atoms with van der Waals surface area (Å²) in [5, 5.41) is 0.541. The maximum atomic E-state index is 13.0. The van der Waals surface area contributed by atoms with Crippen LogP contribution in [0.15, 0.2) is 47.5 Å². The van der Waals surface area contributed by atoms with Crippen molar-refractivity contribution in [2.45, 2.75) is 13.8 Å². The first-order valence-electron chi connectivity index (χ1n) is 8.48. The van der Waals surface area contributed by atoms with E-state index in [9.17, 15) is 9.59 Å². The SMILES string of the molecule is CCN(CC=Cc1ccccc1)C(=O)c1sc2ncn(C)c(=O)c2c1C. The lowest BCUT2D eigenvalue weighted by Crippen LogP contribution is -2.30. The Labute approximate surface area is 156 Å². The molecule has 0 fully saturated rings. The van der Waals surface area contributed by atoms with Gasteiger partial charge in [0.05, 0.1) is 16.6 Å². The molecule has 1 aromatic carbocycles. The molecule has 0 unspecified atom stereocenters. The first-order valence-corrected chi connectivity index (χ1v) is 9.30. The second-order valence-electron chi connectivity index (χ2n) is 6.05. The number of likely N-dealkylation sites (N-methyl/N-ethyl adjacent to an activating group) is 1. The summed E-state index contributed by atoms with van der Waals surface area (Å²) in [5.41, 5.74) is 1.70. The van der Waals surface area contributed by atoms with Gasteiger partial charge in [-0.2, -0.15) is 0 Å². The maximum absolute atomic E-state index is 13.0. The van der Waals surface area contributed by atoms with Gasteiger partial charge in [-0.05, 0) is 25.0 Å². The molecular formula is C20H21N3O2S. The van der Waals surface area contributed by atoms with Crippen molar-refractivity contribution < 1.29 is 4.79 Å². The third-order valence-electron chi connectivity index (χ3n) is 4.31. The Morgan fingerprint density at radius 3 is 2.73 bits per heavy atom. The minimum absolute atomic E-state index is 0.0623. The number of amides is 1. The predicted octanol–water partition coefficient (Wildman–Crippen LogP) is 3.48. The molecular weight excluding hydrogens is 346 g/mol. The van der Waals surface area contributed by atoms with Crippen LogP contribution in [0.5, 0.6) is 0 Å². The van der Waals surface area contributed by atoms with Gasteiger partial charge in [-0.3, -0.25) is 9.59 Å². The quantitative estimate of drug-likeness (QED) is 0.694. The van der Waals surface area contributed by atoms with Gasteiger partial charge in [-0.1, -0.05) is 42.5 Å². The molecule has 3 aromatic rings. The van der Waals surface area contributed by atoms with Gasteiger partial charge in [0.15, 0.2) is 0 Å². The van der Waals surface area contributed by atoms with E-state index in [1.54, 1.807) is 11.9 Å². The van der Waals surface area contributed by atoms with Gasteiger partial charge in [0.2, 0.25) is 0 Å². The Morgan fingerprint density at radius 2 is 2.04 bits per heavy atom. The van der Waals surface area contributed by atoms with Gasteiger partial charge < -0.3 is 9.47 Å². The zero-order chi connectivity index (χ0) is 18.7. The molecule has 0 aliphatic heterocycles. The maximum Gasteiger partial charge on any atom is 0.264 e. The number of hydrogen-bond donors (Lipinski definition) is 0. The molecule has 1 amide bonds. The molecule has 0 bridgehead atoms. The zero-order valence-corrected chi connectivity index (χ0v) is 15.9. The van der Waals surface area contributed by atoms with Gasteiger partial charge in [0, 0.05) is 20.1 Å². The van der Waals surface area contributed by atoms with Crippen LogP contribution in [0.4, 0.5) is 0 Å². The van der Waals surface area contributed by atoms with E-state index in [2.05, 4.69) is 4.98 Å². The van der Waals surface area contributed by atoms with E-state index < -0.39 is 0 Å². The summed E-state index contributed by atoms with van der Waals surface area (Å²) >= 11 is 1.29. The van der Waals surface area contributed by atoms with Crippen LogP contribution in [0.3, 0.4) is 0 Å². The molecule has 3 rings (SSSR count). The van der Waals surface area contributed by atoms with E-state index in [0.717, 1.165) is 5.56 Å². The molecule has 134 valence electrons. The number of hydrogen-bond acceptors (Lipinski definition) is 4. The fraction of sp³-hybridized carbons (Fsp3) is 0.250. The minimum Gasteiger partial charge on any atom is -0.334 e. The van der Waals surface area contributed by atoms with E-state index in [-0.39, 0.29) is 11.5 Å². The Balaban J connectivity index is 1.86. The van der Waals surface area contributed by atoms with Crippen LogP contribution in [0.2, 0.25) is 0 Å². The smallest absolute Gasteiger partial charge is 0.264 e. The molecule has 2 heterocycles. The second-order valence-corrected chi connectivity index (χ2v) is 7.05. The first-order chi connectivity index (χ1) is 12.5. The standard InChI is InChI=1S/C20H21N3O2S/c1-4-23(12-8-11-15-9-6-5-7-10-15)20(25)17-14(2)16-18(26-17)21-13-22(3)19(16)24/h5-11,13H,4,12H2,1-3H3. The van der Waals surface area contributed by atoms with Crippen molar-refractivity contribution in [2.24, 2.45) is 7.05 Å². The average Bonchev–Trinajstić information content (AvgIpc) is 2.99. The molecule has 0 saturated carbocycles. The molecule has 5 nitrogen and oxygen atoms in total. The second kappa shape index (κ2) is 7.66. The Morgan fingerprint density at radius 1 is 1.31 bits per heavy atom. The highest BCUT2D eigenvalue weighted by molar-refractivity contribution is 7.20. The fourth-order valence-electron chi connectivity index (χ4n) is 2.79. The number of benzene rings is 1. The number of thiophene rings is 1. The lowest BCUT2D eigenvalue weighted by molar-refractivity contribution is 0.0786. The molecule has 0 atom stereocenters. The molecule has 26 heavy (non-hydrogen) atoms. The van der Waals surface area contributed by atoms with Crippen molar-refractivity contribution in [2.75, 3.05) is 13.1 Å². The number of carbonyl (C=O) groups is 1. The average molecular weight is 367 g/mol. The van der Waals surface area contributed by atoms with E-state index in [1.807, 2.05) is 56.3 Å². The molecule has 0 radical (unpaired) electrons. The Bertz CT molecular complexity index is 1020. The van der Waals surface area contributed by atoms with Gasteiger partial charge in [-0.25, -0.2) is 4.98 Å². The highest BCUT2D eigenvalue weighted by atomic mass is 32.1. The number of rotatable bonds is 5. The summed E-state index contributed by atoms with van der Waals surface area (Å²) in [6, 6.07) is 9.98. The topological polar surface area (TPSA) is 55.2 Å². The van der Waals surface area contributed by atoms with E-state index in [4.69, 9.17) is 0 Å². The highest BCUT2D eigenvalue weighted by Crippen LogP contribution is 2.27. The van der Waals surface area contributed by atoms with Crippen molar-refractivity contribution in [1.29, 1.82) is 0 Å². The monoisotopic (exact) mass is 367 g/mol. The van der Waals surface area contributed by atoms with Crippen LogP contribution in [-0.4, -0.2) is 33.4 Å². The lowest BCUT2D eigenvalue weighted by Gasteiger charge is -2.18.